The van der Waals surface area contributed by atoms with Crippen LogP contribution in [0, 0.1) is 5.92 Å². The van der Waals surface area contributed by atoms with Gasteiger partial charge in [-0.2, -0.15) is 0 Å². The van der Waals surface area contributed by atoms with Gasteiger partial charge in [0.2, 0.25) is 0 Å². The van der Waals surface area contributed by atoms with Crippen molar-refractivity contribution in [3.05, 3.63) is 36.5 Å². The number of hydrogen-bond donors (Lipinski definition) is 1. The van der Waals surface area contributed by atoms with Crippen LogP contribution in [-0.2, 0) is 4.79 Å². The number of rotatable bonds is 4. The molecule has 0 saturated carbocycles. The molecule has 0 aliphatic carbocycles. The van der Waals surface area contributed by atoms with Gasteiger partial charge in [-0.3, -0.25) is 0 Å². The number of carboxylic acid groups (broad SMARTS) is 1. The minimum Gasteiger partial charge on any atom is -0.478 e. The normalized spacial score (nSPS) is 13.7. The lowest BCUT2D eigenvalue weighted by Crippen LogP contribution is -2.00. The van der Waals surface area contributed by atoms with E-state index in [2.05, 4.69) is 13.2 Å². The molecule has 66 valence electrons. The molecule has 12 heavy (non-hydrogen) atoms. The third kappa shape index (κ3) is 3.19. The monoisotopic (exact) mass is 166 g/mol. The molecule has 0 amide bonds. The molecule has 0 radical (unpaired) electrons. The Morgan fingerprint density at radius 2 is 2.00 bits per heavy atom. The van der Waals surface area contributed by atoms with Gasteiger partial charge >= 0.3 is 5.97 Å². The summed E-state index contributed by atoms with van der Waals surface area (Å²) >= 11 is 0. The van der Waals surface area contributed by atoms with E-state index < -0.39 is 5.97 Å². The van der Waals surface area contributed by atoms with Crippen LogP contribution in [0.15, 0.2) is 36.5 Å². The lowest BCUT2D eigenvalue weighted by atomic mass is 9.99. The maximum absolute atomic E-state index is 10.4. The highest BCUT2D eigenvalue weighted by Gasteiger charge is 2.05. The average molecular weight is 166 g/mol. The standard InChI is InChI=1S/C10H14O2/c1-5-9(7(2)3)6-8(4)10(11)12/h5-6,9H,1-2H2,3-4H3,(H,11,12)/t9-/m1/s1. The van der Waals surface area contributed by atoms with Gasteiger partial charge in [0.15, 0.2) is 0 Å². The zero-order chi connectivity index (χ0) is 9.72. The van der Waals surface area contributed by atoms with Crippen LogP contribution in [0.2, 0.25) is 0 Å². The first-order chi connectivity index (χ1) is 5.49. The minimum absolute atomic E-state index is 0.0406. The Morgan fingerprint density at radius 3 is 2.25 bits per heavy atom. The summed E-state index contributed by atoms with van der Waals surface area (Å²) in [6.07, 6.45) is 3.31. The second-order valence-electron chi connectivity index (χ2n) is 2.76. The van der Waals surface area contributed by atoms with Crippen LogP contribution in [0.1, 0.15) is 13.8 Å². The van der Waals surface area contributed by atoms with Gasteiger partial charge in [-0.1, -0.05) is 24.3 Å². The molecule has 0 aliphatic rings. The summed E-state index contributed by atoms with van der Waals surface area (Å²) < 4.78 is 0. The van der Waals surface area contributed by atoms with Gasteiger partial charge in [-0.25, -0.2) is 4.79 Å². The summed E-state index contributed by atoms with van der Waals surface area (Å²) in [6.45, 7) is 10.7. The number of carbonyl (C=O) groups is 1. The van der Waals surface area contributed by atoms with Crippen molar-refractivity contribution < 1.29 is 9.90 Å². The predicted octanol–water partition coefficient (Wildman–Crippen LogP) is 2.40. The molecule has 0 heterocycles. The second kappa shape index (κ2) is 4.54. The van der Waals surface area contributed by atoms with Crippen molar-refractivity contribution in [3.8, 4) is 0 Å². The Labute approximate surface area is 72.9 Å². The Balaban J connectivity index is 4.57. The van der Waals surface area contributed by atoms with Gasteiger partial charge in [0.05, 0.1) is 0 Å². The summed E-state index contributed by atoms with van der Waals surface area (Å²) in [7, 11) is 0. The quantitative estimate of drug-likeness (QED) is 0.514. The summed E-state index contributed by atoms with van der Waals surface area (Å²) in [5.41, 5.74) is 1.22. The molecule has 2 heteroatoms. The van der Waals surface area contributed by atoms with E-state index in [0.29, 0.717) is 5.57 Å². The maximum atomic E-state index is 10.4. The number of hydrogen-bond acceptors (Lipinski definition) is 1. The van der Waals surface area contributed by atoms with Crippen molar-refractivity contribution in [1.82, 2.24) is 0 Å². The van der Waals surface area contributed by atoms with Crippen LogP contribution >= 0.6 is 0 Å². The van der Waals surface area contributed by atoms with Crippen molar-refractivity contribution in [2.45, 2.75) is 13.8 Å². The van der Waals surface area contributed by atoms with E-state index in [9.17, 15) is 4.79 Å². The van der Waals surface area contributed by atoms with Crippen molar-refractivity contribution in [2.24, 2.45) is 5.92 Å². The third-order valence-corrected chi connectivity index (χ3v) is 1.59. The molecule has 0 spiro atoms. The topological polar surface area (TPSA) is 37.3 Å². The van der Waals surface area contributed by atoms with Crippen LogP contribution in [0.5, 0.6) is 0 Å². The van der Waals surface area contributed by atoms with Crippen LogP contribution in [0.3, 0.4) is 0 Å². The molecule has 1 atom stereocenters. The van der Waals surface area contributed by atoms with Gasteiger partial charge in [0.25, 0.3) is 0 Å². The van der Waals surface area contributed by atoms with Gasteiger partial charge < -0.3 is 5.11 Å². The molecule has 0 aliphatic heterocycles. The molecule has 2 nitrogen and oxygen atoms in total. The highest BCUT2D eigenvalue weighted by atomic mass is 16.4. The summed E-state index contributed by atoms with van der Waals surface area (Å²) in [5, 5.41) is 8.58. The lowest BCUT2D eigenvalue weighted by Gasteiger charge is -2.06. The van der Waals surface area contributed by atoms with Gasteiger partial charge in [-0.05, 0) is 13.8 Å². The molecule has 0 rings (SSSR count). The Hall–Kier alpha value is -1.31. The SMILES string of the molecule is C=C[C@H](C=C(C)C(=O)O)C(=C)C. The fourth-order valence-corrected chi connectivity index (χ4v) is 0.752. The molecule has 0 aromatic carbocycles. The molecule has 0 fully saturated rings. The average Bonchev–Trinajstić information content (AvgIpc) is 1.98. The largest absolute Gasteiger partial charge is 0.478 e. The molecule has 1 N–H and O–H groups in total. The van der Waals surface area contributed by atoms with E-state index in [0.717, 1.165) is 5.57 Å². The van der Waals surface area contributed by atoms with Crippen LogP contribution in [-0.4, -0.2) is 11.1 Å². The van der Waals surface area contributed by atoms with Gasteiger partial charge in [0, 0.05) is 11.5 Å². The van der Waals surface area contributed by atoms with Crippen LogP contribution in [0.4, 0.5) is 0 Å². The zero-order valence-corrected chi connectivity index (χ0v) is 7.50. The highest BCUT2D eigenvalue weighted by Crippen LogP contribution is 2.13. The summed E-state index contributed by atoms with van der Waals surface area (Å²) in [4.78, 5) is 10.4. The van der Waals surface area contributed by atoms with Crippen molar-refractivity contribution >= 4 is 5.97 Å². The van der Waals surface area contributed by atoms with E-state index in [4.69, 9.17) is 5.11 Å². The van der Waals surface area contributed by atoms with Crippen LogP contribution in [0.25, 0.3) is 0 Å². The van der Waals surface area contributed by atoms with Crippen molar-refractivity contribution in [3.63, 3.8) is 0 Å². The molecule has 0 unspecified atom stereocenters. The molecule has 0 aromatic rings. The fourth-order valence-electron chi connectivity index (χ4n) is 0.752. The smallest absolute Gasteiger partial charge is 0.330 e. The Bertz CT molecular complexity index is 236. The Kier molecular flexibility index (Phi) is 4.05. The highest BCUT2D eigenvalue weighted by molar-refractivity contribution is 5.85. The fraction of sp³-hybridized carbons (Fsp3) is 0.300. The van der Waals surface area contributed by atoms with E-state index >= 15 is 0 Å². The minimum atomic E-state index is -0.900. The lowest BCUT2D eigenvalue weighted by molar-refractivity contribution is -0.132. The summed E-state index contributed by atoms with van der Waals surface area (Å²) in [5.74, 6) is -0.941. The number of allylic oxidation sites excluding steroid dienone is 3. The molecular formula is C10H14O2. The Morgan fingerprint density at radius 1 is 1.50 bits per heavy atom. The van der Waals surface area contributed by atoms with Gasteiger partial charge in [-0.15, -0.1) is 6.58 Å². The van der Waals surface area contributed by atoms with Gasteiger partial charge in [0.1, 0.15) is 0 Å². The van der Waals surface area contributed by atoms with Crippen molar-refractivity contribution in [2.75, 3.05) is 0 Å². The molecule has 0 bridgehead atoms. The van der Waals surface area contributed by atoms with Crippen LogP contribution < -0.4 is 0 Å². The summed E-state index contributed by atoms with van der Waals surface area (Å²) in [6, 6.07) is 0. The molecular weight excluding hydrogens is 152 g/mol. The zero-order valence-electron chi connectivity index (χ0n) is 7.50. The predicted molar refractivity (Wildman–Crippen MR) is 49.9 cm³/mol. The first-order valence-electron chi connectivity index (χ1n) is 3.68. The first kappa shape index (κ1) is 10.7. The maximum Gasteiger partial charge on any atom is 0.330 e. The van der Waals surface area contributed by atoms with E-state index in [-0.39, 0.29) is 5.92 Å². The van der Waals surface area contributed by atoms with E-state index in [1.54, 1.807) is 19.1 Å². The number of carboxylic acids is 1. The van der Waals surface area contributed by atoms with E-state index in [1.807, 2.05) is 6.92 Å². The first-order valence-corrected chi connectivity index (χ1v) is 3.68. The molecule has 0 saturated heterocycles. The van der Waals surface area contributed by atoms with Crippen molar-refractivity contribution in [1.29, 1.82) is 0 Å². The van der Waals surface area contributed by atoms with E-state index in [1.165, 1.54) is 0 Å². The molecule has 0 aromatic heterocycles. The number of aliphatic carboxylic acids is 1. The third-order valence-electron chi connectivity index (χ3n) is 1.59. The second-order valence-corrected chi connectivity index (χ2v) is 2.76.